The average Bonchev–Trinajstić information content (AvgIpc) is 2.66. The van der Waals surface area contributed by atoms with E-state index in [4.69, 9.17) is 11.6 Å². The lowest BCUT2D eigenvalue weighted by Gasteiger charge is -2.11. The Morgan fingerprint density at radius 1 is 1.14 bits per heavy atom. The standard InChI is InChI=1S/C20H19ClN4O3S/c1-29(28)13-15-11-17(6-7-18(15)21)24-19(26)23-16-5-2-4-14(10-16)12-25-9-3-8-22-20(25)27/h2-11H,12-13H2,1H3,(H2,23,24,26). The topological polar surface area (TPSA) is 93.1 Å². The van der Waals surface area contributed by atoms with E-state index in [1.807, 2.05) is 6.07 Å². The molecule has 0 aliphatic rings. The number of nitrogens with zero attached hydrogens (tertiary/aromatic N) is 2. The Bertz CT molecular complexity index is 1120. The zero-order chi connectivity index (χ0) is 20.8. The third-order valence-electron chi connectivity index (χ3n) is 3.98. The van der Waals surface area contributed by atoms with Crippen LogP contribution in [-0.2, 0) is 23.1 Å². The molecule has 29 heavy (non-hydrogen) atoms. The number of carbonyl (C=O) groups excluding carboxylic acids is 1. The number of hydrogen-bond donors (Lipinski definition) is 2. The molecule has 0 saturated heterocycles. The van der Waals surface area contributed by atoms with Gasteiger partial charge in [-0.3, -0.25) is 8.78 Å². The number of hydrogen-bond acceptors (Lipinski definition) is 4. The summed E-state index contributed by atoms with van der Waals surface area (Å²) < 4.78 is 12.9. The van der Waals surface area contributed by atoms with Gasteiger partial charge in [0.2, 0.25) is 0 Å². The maximum atomic E-state index is 12.3. The lowest BCUT2D eigenvalue weighted by atomic mass is 10.2. The molecule has 2 N–H and O–H groups in total. The Morgan fingerprint density at radius 2 is 1.90 bits per heavy atom. The molecule has 1 aromatic heterocycles. The molecule has 0 spiro atoms. The molecule has 3 aromatic rings. The van der Waals surface area contributed by atoms with Gasteiger partial charge in [-0.15, -0.1) is 0 Å². The lowest BCUT2D eigenvalue weighted by Crippen LogP contribution is -2.22. The predicted molar refractivity (Wildman–Crippen MR) is 116 cm³/mol. The molecule has 0 saturated carbocycles. The number of aromatic nitrogens is 2. The van der Waals surface area contributed by atoms with Crippen LogP contribution in [0.2, 0.25) is 5.02 Å². The van der Waals surface area contributed by atoms with Crippen molar-refractivity contribution in [2.24, 2.45) is 0 Å². The van der Waals surface area contributed by atoms with Gasteiger partial charge >= 0.3 is 11.7 Å². The maximum Gasteiger partial charge on any atom is 0.347 e. The number of rotatable bonds is 6. The zero-order valence-electron chi connectivity index (χ0n) is 15.6. The summed E-state index contributed by atoms with van der Waals surface area (Å²) in [7, 11) is -1.04. The number of nitrogens with one attached hydrogen (secondary N) is 2. The van der Waals surface area contributed by atoms with Crippen molar-refractivity contribution < 1.29 is 9.00 Å². The predicted octanol–water partition coefficient (Wildman–Crippen LogP) is 3.47. The van der Waals surface area contributed by atoms with E-state index in [1.54, 1.807) is 54.9 Å². The maximum absolute atomic E-state index is 12.3. The molecule has 7 nitrogen and oxygen atoms in total. The molecule has 1 heterocycles. The highest BCUT2D eigenvalue weighted by Crippen LogP contribution is 2.22. The van der Waals surface area contributed by atoms with Gasteiger partial charge in [0.05, 0.1) is 6.54 Å². The van der Waals surface area contributed by atoms with Crippen LogP contribution >= 0.6 is 11.6 Å². The van der Waals surface area contributed by atoms with Crippen molar-refractivity contribution in [3.63, 3.8) is 0 Å². The minimum absolute atomic E-state index is 0.311. The van der Waals surface area contributed by atoms with Crippen molar-refractivity contribution in [2.75, 3.05) is 16.9 Å². The van der Waals surface area contributed by atoms with Crippen LogP contribution in [0.3, 0.4) is 0 Å². The molecule has 0 aliphatic heterocycles. The molecule has 1 atom stereocenters. The van der Waals surface area contributed by atoms with E-state index >= 15 is 0 Å². The summed E-state index contributed by atoms with van der Waals surface area (Å²) in [6.45, 7) is 0.346. The fourth-order valence-electron chi connectivity index (χ4n) is 2.73. The van der Waals surface area contributed by atoms with Crippen molar-refractivity contribution in [2.45, 2.75) is 12.3 Å². The van der Waals surface area contributed by atoms with Crippen molar-refractivity contribution in [3.05, 3.63) is 87.6 Å². The molecule has 2 aromatic carbocycles. The molecule has 0 radical (unpaired) electrons. The first-order valence-electron chi connectivity index (χ1n) is 8.67. The van der Waals surface area contributed by atoms with Crippen molar-refractivity contribution in [3.8, 4) is 0 Å². The van der Waals surface area contributed by atoms with E-state index in [-0.39, 0.29) is 5.69 Å². The quantitative estimate of drug-likeness (QED) is 0.626. The van der Waals surface area contributed by atoms with Gasteiger partial charge in [-0.1, -0.05) is 23.7 Å². The smallest absolute Gasteiger partial charge is 0.308 e. The largest absolute Gasteiger partial charge is 0.347 e. The van der Waals surface area contributed by atoms with Gasteiger partial charge < -0.3 is 10.6 Å². The Balaban J connectivity index is 1.67. The molecule has 150 valence electrons. The first kappa shape index (κ1) is 20.8. The highest BCUT2D eigenvalue weighted by molar-refractivity contribution is 7.83. The fraction of sp³-hybridized carbons (Fsp3) is 0.150. The van der Waals surface area contributed by atoms with Gasteiger partial charge in [0, 0.05) is 51.6 Å². The Kier molecular flexibility index (Phi) is 6.79. The number of anilines is 2. The van der Waals surface area contributed by atoms with E-state index in [2.05, 4.69) is 15.6 Å². The van der Waals surface area contributed by atoms with Crippen LogP contribution in [0, 0.1) is 0 Å². The van der Waals surface area contributed by atoms with Gasteiger partial charge in [0.25, 0.3) is 0 Å². The van der Waals surface area contributed by atoms with Crippen LogP contribution in [0.4, 0.5) is 16.2 Å². The molecule has 1 unspecified atom stereocenters. The summed E-state index contributed by atoms with van der Waals surface area (Å²) in [5, 5.41) is 6.00. The normalized spacial score (nSPS) is 11.7. The molecule has 9 heteroatoms. The molecular formula is C20H19ClN4O3S. The van der Waals surface area contributed by atoms with E-state index in [1.165, 1.54) is 10.8 Å². The number of amides is 2. The third kappa shape index (κ3) is 6.00. The van der Waals surface area contributed by atoms with E-state index in [0.717, 1.165) is 5.56 Å². The van der Waals surface area contributed by atoms with Crippen molar-refractivity contribution >= 4 is 39.8 Å². The number of halogens is 1. The van der Waals surface area contributed by atoms with Gasteiger partial charge in [0.1, 0.15) is 0 Å². The summed E-state index contributed by atoms with van der Waals surface area (Å²) in [5.74, 6) is 0.311. The van der Waals surface area contributed by atoms with E-state index in [9.17, 15) is 13.8 Å². The molecule has 3 rings (SSSR count). The first-order chi connectivity index (χ1) is 13.9. The fourth-order valence-corrected chi connectivity index (χ4v) is 3.67. The lowest BCUT2D eigenvalue weighted by molar-refractivity contribution is 0.262. The average molecular weight is 431 g/mol. The highest BCUT2D eigenvalue weighted by atomic mass is 35.5. The summed E-state index contributed by atoms with van der Waals surface area (Å²) in [4.78, 5) is 27.8. The third-order valence-corrected chi connectivity index (χ3v) is 5.07. The Morgan fingerprint density at radius 3 is 2.62 bits per heavy atom. The second-order valence-corrected chi connectivity index (χ2v) is 8.18. The SMILES string of the molecule is CS(=O)Cc1cc(NC(=O)Nc2cccc(Cn3cccnc3=O)c2)ccc1Cl. The monoisotopic (exact) mass is 430 g/mol. The van der Waals surface area contributed by atoms with Gasteiger partial charge in [-0.25, -0.2) is 14.6 Å². The minimum Gasteiger partial charge on any atom is -0.308 e. The van der Waals surface area contributed by atoms with E-state index < -0.39 is 16.8 Å². The summed E-state index contributed by atoms with van der Waals surface area (Å²) in [6, 6.07) is 13.5. The summed E-state index contributed by atoms with van der Waals surface area (Å²) in [5.41, 5.74) is 2.34. The van der Waals surface area contributed by atoms with Gasteiger partial charge in [0.15, 0.2) is 0 Å². The van der Waals surface area contributed by atoms with Crippen LogP contribution in [0.25, 0.3) is 0 Å². The summed E-state index contributed by atoms with van der Waals surface area (Å²) >= 11 is 6.11. The van der Waals surface area contributed by atoms with Crippen LogP contribution in [0.1, 0.15) is 11.1 Å². The Labute approximate surface area is 175 Å². The second kappa shape index (κ2) is 9.49. The van der Waals surface area contributed by atoms with Crippen LogP contribution in [0.5, 0.6) is 0 Å². The van der Waals surface area contributed by atoms with Crippen LogP contribution < -0.4 is 16.3 Å². The molecule has 0 fully saturated rings. The molecule has 2 amide bonds. The van der Waals surface area contributed by atoms with Gasteiger partial charge in [-0.2, -0.15) is 0 Å². The van der Waals surface area contributed by atoms with Gasteiger partial charge in [-0.05, 0) is 47.5 Å². The zero-order valence-corrected chi connectivity index (χ0v) is 17.2. The molecule has 0 bridgehead atoms. The van der Waals surface area contributed by atoms with Crippen LogP contribution in [0.15, 0.2) is 65.7 Å². The highest BCUT2D eigenvalue weighted by Gasteiger charge is 2.08. The molecular weight excluding hydrogens is 412 g/mol. The minimum atomic E-state index is -1.04. The number of carbonyl (C=O) groups is 1. The molecule has 0 aliphatic carbocycles. The number of benzene rings is 2. The summed E-state index contributed by atoms with van der Waals surface area (Å²) in [6.07, 6.45) is 4.70. The van der Waals surface area contributed by atoms with Crippen LogP contribution in [-0.4, -0.2) is 26.0 Å². The first-order valence-corrected chi connectivity index (χ1v) is 10.8. The van der Waals surface area contributed by atoms with Crippen molar-refractivity contribution in [1.29, 1.82) is 0 Å². The number of urea groups is 1. The van der Waals surface area contributed by atoms with Crippen molar-refractivity contribution in [1.82, 2.24) is 9.55 Å². The second-order valence-electron chi connectivity index (χ2n) is 6.33. The van der Waals surface area contributed by atoms with E-state index in [0.29, 0.717) is 34.3 Å². The Hall–Kier alpha value is -2.97.